The minimum Gasteiger partial charge on any atom is -0.327 e. The van der Waals surface area contributed by atoms with Gasteiger partial charge in [-0.05, 0) is 37.6 Å². The molecule has 0 bridgehead atoms. The molecule has 1 heterocycles. The van der Waals surface area contributed by atoms with Crippen LogP contribution in [0.15, 0.2) is 35.0 Å². The molecule has 0 aliphatic rings. The second kappa shape index (κ2) is 7.68. The van der Waals surface area contributed by atoms with Gasteiger partial charge in [-0.15, -0.1) is 0 Å². The van der Waals surface area contributed by atoms with Gasteiger partial charge in [-0.1, -0.05) is 17.7 Å². The standard InChI is InChI=1S/C17H21ClFN3O2S/c1-11-16(12(2)22(21-11)10-14(19)6-7-20)8-13-4-5-15(9-17(13)18)25(3,23)24/h4-6,9H,7-8,10,20H2,1-3H3/b14-6-. The van der Waals surface area contributed by atoms with Crippen molar-refractivity contribution in [2.75, 3.05) is 12.8 Å². The lowest BCUT2D eigenvalue weighted by Gasteiger charge is -2.08. The molecule has 0 radical (unpaired) electrons. The van der Waals surface area contributed by atoms with Gasteiger partial charge in [-0.3, -0.25) is 4.68 Å². The normalized spacial score (nSPS) is 12.6. The fraction of sp³-hybridized carbons (Fsp3) is 0.353. The highest BCUT2D eigenvalue weighted by Gasteiger charge is 2.16. The van der Waals surface area contributed by atoms with E-state index in [1.54, 1.807) is 10.7 Å². The molecular weight excluding hydrogens is 365 g/mol. The van der Waals surface area contributed by atoms with Crippen LogP contribution in [0.2, 0.25) is 5.02 Å². The molecule has 0 amide bonds. The SMILES string of the molecule is Cc1nn(C/C(F)=C/CN)c(C)c1Cc1ccc(S(C)(=O)=O)cc1Cl. The van der Waals surface area contributed by atoms with Crippen LogP contribution in [-0.2, 0) is 22.8 Å². The number of hydrogen-bond donors (Lipinski definition) is 1. The largest absolute Gasteiger partial charge is 0.327 e. The van der Waals surface area contributed by atoms with Crippen molar-refractivity contribution >= 4 is 21.4 Å². The summed E-state index contributed by atoms with van der Waals surface area (Å²) in [6.07, 6.45) is 2.94. The maximum atomic E-state index is 13.7. The van der Waals surface area contributed by atoms with Gasteiger partial charge in [0.2, 0.25) is 0 Å². The number of allylic oxidation sites excluding steroid dienone is 1. The smallest absolute Gasteiger partial charge is 0.175 e. The number of sulfone groups is 1. The Morgan fingerprint density at radius 2 is 2.08 bits per heavy atom. The highest BCUT2D eigenvalue weighted by molar-refractivity contribution is 7.90. The van der Waals surface area contributed by atoms with Crippen LogP contribution in [0.3, 0.4) is 0 Å². The van der Waals surface area contributed by atoms with Crippen molar-refractivity contribution in [3.63, 3.8) is 0 Å². The Morgan fingerprint density at radius 3 is 2.64 bits per heavy atom. The van der Waals surface area contributed by atoms with E-state index in [0.717, 1.165) is 28.8 Å². The zero-order chi connectivity index (χ0) is 18.8. The Hall–Kier alpha value is -1.70. The average Bonchev–Trinajstić information content (AvgIpc) is 2.75. The first kappa shape index (κ1) is 19.6. The van der Waals surface area contributed by atoms with Crippen LogP contribution in [-0.4, -0.2) is 31.0 Å². The summed E-state index contributed by atoms with van der Waals surface area (Å²) in [6, 6.07) is 4.68. The maximum absolute atomic E-state index is 13.7. The Morgan fingerprint density at radius 1 is 1.40 bits per heavy atom. The van der Waals surface area contributed by atoms with Gasteiger partial charge in [0.1, 0.15) is 5.83 Å². The van der Waals surface area contributed by atoms with Gasteiger partial charge in [-0.25, -0.2) is 12.8 Å². The molecule has 2 rings (SSSR count). The Labute approximate surface area is 152 Å². The second-order valence-corrected chi connectivity index (χ2v) is 8.32. The summed E-state index contributed by atoms with van der Waals surface area (Å²) < 4.78 is 38.5. The van der Waals surface area contributed by atoms with Crippen LogP contribution in [0, 0.1) is 13.8 Å². The lowest BCUT2D eigenvalue weighted by molar-refractivity contribution is 0.517. The van der Waals surface area contributed by atoms with Crippen LogP contribution >= 0.6 is 11.6 Å². The quantitative estimate of drug-likeness (QED) is 0.829. The van der Waals surface area contributed by atoms with Crippen LogP contribution in [0.1, 0.15) is 22.5 Å². The van der Waals surface area contributed by atoms with Crippen molar-refractivity contribution in [1.29, 1.82) is 0 Å². The van der Waals surface area contributed by atoms with Crippen molar-refractivity contribution in [3.8, 4) is 0 Å². The molecule has 0 spiro atoms. The fourth-order valence-corrected chi connectivity index (χ4v) is 3.53. The molecular formula is C17H21ClFN3O2S. The van der Waals surface area contributed by atoms with Crippen LogP contribution in [0.4, 0.5) is 4.39 Å². The van der Waals surface area contributed by atoms with E-state index in [2.05, 4.69) is 5.10 Å². The van der Waals surface area contributed by atoms with Crippen molar-refractivity contribution in [2.45, 2.75) is 31.7 Å². The van der Waals surface area contributed by atoms with E-state index in [9.17, 15) is 12.8 Å². The molecule has 2 N–H and O–H groups in total. The van der Waals surface area contributed by atoms with Crippen LogP contribution in [0.5, 0.6) is 0 Å². The average molecular weight is 386 g/mol. The van der Waals surface area contributed by atoms with Crippen molar-refractivity contribution < 1.29 is 12.8 Å². The summed E-state index contributed by atoms with van der Waals surface area (Å²) in [5, 5.41) is 4.75. The molecule has 0 aliphatic heterocycles. The molecule has 136 valence electrons. The molecule has 0 aliphatic carbocycles. The first-order valence-electron chi connectivity index (χ1n) is 7.69. The van der Waals surface area contributed by atoms with Gasteiger partial charge in [0, 0.05) is 35.5 Å². The molecule has 8 heteroatoms. The number of halogens is 2. The predicted octanol–water partition coefficient (Wildman–Crippen LogP) is 2.96. The highest BCUT2D eigenvalue weighted by atomic mass is 35.5. The number of nitrogens with two attached hydrogens (primary N) is 1. The summed E-state index contributed by atoms with van der Waals surface area (Å²) in [5.41, 5.74) is 8.66. The number of aromatic nitrogens is 2. The maximum Gasteiger partial charge on any atom is 0.175 e. The molecule has 1 aromatic carbocycles. The first-order chi connectivity index (χ1) is 11.6. The first-order valence-corrected chi connectivity index (χ1v) is 9.96. The van der Waals surface area contributed by atoms with Crippen LogP contribution in [0.25, 0.3) is 0 Å². The molecule has 0 fully saturated rings. The minimum atomic E-state index is -3.31. The number of aryl methyl sites for hydroxylation is 1. The fourth-order valence-electron chi connectivity index (χ4n) is 2.57. The van der Waals surface area contributed by atoms with Gasteiger partial charge in [0.05, 0.1) is 17.1 Å². The Kier molecular flexibility index (Phi) is 6.03. The van der Waals surface area contributed by atoms with Gasteiger partial charge < -0.3 is 5.73 Å². The zero-order valence-corrected chi connectivity index (χ0v) is 16.0. The third-order valence-corrected chi connectivity index (χ3v) is 5.45. The highest BCUT2D eigenvalue weighted by Crippen LogP contribution is 2.26. The van der Waals surface area contributed by atoms with Gasteiger partial charge in [0.15, 0.2) is 9.84 Å². The summed E-state index contributed by atoms with van der Waals surface area (Å²) in [4.78, 5) is 0.180. The molecule has 1 aromatic heterocycles. The van der Waals surface area contributed by atoms with Gasteiger partial charge in [0.25, 0.3) is 0 Å². The predicted molar refractivity (Wildman–Crippen MR) is 97.3 cm³/mol. The number of nitrogens with zero attached hydrogens (tertiary/aromatic N) is 2. The van der Waals surface area contributed by atoms with Crippen molar-refractivity contribution in [1.82, 2.24) is 9.78 Å². The molecule has 0 saturated carbocycles. The number of hydrogen-bond acceptors (Lipinski definition) is 4. The van der Waals surface area contributed by atoms with Crippen LogP contribution < -0.4 is 5.73 Å². The Balaban J connectivity index is 2.32. The van der Waals surface area contributed by atoms with E-state index >= 15 is 0 Å². The summed E-state index contributed by atoms with van der Waals surface area (Å²) in [7, 11) is -3.31. The monoisotopic (exact) mass is 385 g/mol. The van der Waals surface area contributed by atoms with E-state index in [1.807, 2.05) is 13.8 Å². The zero-order valence-electron chi connectivity index (χ0n) is 14.4. The van der Waals surface area contributed by atoms with Crippen molar-refractivity contribution in [2.24, 2.45) is 5.73 Å². The van der Waals surface area contributed by atoms with E-state index in [4.69, 9.17) is 17.3 Å². The van der Waals surface area contributed by atoms with Gasteiger partial charge >= 0.3 is 0 Å². The lowest BCUT2D eigenvalue weighted by atomic mass is 10.0. The molecule has 0 saturated heterocycles. The lowest BCUT2D eigenvalue weighted by Crippen LogP contribution is -2.05. The molecule has 2 aromatic rings. The Bertz CT molecular complexity index is 920. The summed E-state index contributed by atoms with van der Waals surface area (Å²) in [5.74, 6) is -0.338. The number of benzene rings is 1. The number of rotatable bonds is 6. The third kappa shape index (κ3) is 4.68. The third-order valence-electron chi connectivity index (χ3n) is 3.99. The van der Waals surface area contributed by atoms with Crippen molar-refractivity contribution in [3.05, 3.63) is 57.6 Å². The summed E-state index contributed by atoms with van der Waals surface area (Å²) >= 11 is 6.25. The molecule has 5 nitrogen and oxygen atoms in total. The molecule has 0 atom stereocenters. The molecule has 0 unspecified atom stereocenters. The topological polar surface area (TPSA) is 78.0 Å². The molecule has 25 heavy (non-hydrogen) atoms. The van der Waals surface area contributed by atoms with E-state index in [1.165, 1.54) is 18.2 Å². The van der Waals surface area contributed by atoms with Gasteiger partial charge in [-0.2, -0.15) is 5.10 Å². The van der Waals surface area contributed by atoms with E-state index in [-0.39, 0.29) is 23.8 Å². The second-order valence-electron chi connectivity index (χ2n) is 5.90. The van der Waals surface area contributed by atoms with E-state index < -0.39 is 9.84 Å². The van der Waals surface area contributed by atoms with E-state index in [0.29, 0.717) is 11.4 Å². The minimum absolute atomic E-state index is 0.0324. The summed E-state index contributed by atoms with van der Waals surface area (Å²) in [6.45, 7) is 3.89.